The maximum Gasteiger partial charge on any atom is -0.147 e. The molecule has 0 nitrogen and oxygen atoms in total. The van der Waals surface area contributed by atoms with E-state index in [1.54, 1.807) is 0 Å². The first-order valence-electron chi connectivity index (χ1n) is 2.68. The summed E-state index contributed by atoms with van der Waals surface area (Å²) in [5.41, 5.74) is 13.3. The van der Waals surface area contributed by atoms with Crippen molar-refractivity contribution >= 4 is 84.5 Å². The van der Waals surface area contributed by atoms with E-state index in [4.69, 9.17) is 0 Å². The van der Waals surface area contributed by atoms with Gasteiger partial charge in [0.1, 0.15) is 0 Å². The smallest absolute Gasteiger partial charge is 0.147 e. The molecule has 0 aromatic rings. The molecule has 0 aromatic carbocycles. The van der Waals surface area contributed by atoms with E-state index in [2.05, 4.69) is 34.3 Å². The Hall–Kier alpha value is 2.55. The van der Waals surface area contributed by atoms with Gasteiger partial charge in [0.15, 0.2) is 0 Å². The van der Waals surface area contributed by atoms with Crippen LogP contribution in [0.5, 0.6) is 0 Å². The van der Waals surface area contributed by atoms with Crippen LogP contribution in [0.1, 0.15) is 0 Å². The van der Waals surface area contributed by atoms with Crippen molar-refractivity contribution in [3.8, 4) is 0 Å². The molecule has 0 bridgehead atoms. The van der Waals surface area contributed by atoms with Gasteiger partial charge in [-0.3, -0.25) is 0 Å². The summed E-state index contributed by atoms with van der Waals surface area (Å²) in [6.45, 7) is 0. The van der Waals surface area contributed by atoms with Gasteiger partial charge < -0.3 is 0 Å². The summed E-state index contributed by atoms with van der Waals surface area (Å²) in [7, 11) is 0. The van der Waals surface area contributed by atoms with Crippen LogP contribution >= 0.6 is 37.2 Å². The molecule has 12 heavy (non-hydrogen) atoms. The number of halogens is 3. The Kier molecular flexibility index (Phi) is 211. The fourth-order valence-corrected chi connectivity index (χ4v) is 0. The van der Waals surface area contributed by atoms with E-state index in [-0.39, 0.29) is 37.2 Å². The van der Waals surface area contributed by atoms with Gasteiger partial charge >= 0.3 is 81.5 Å². The molecule has 0 fully saturated rings. The average molecular weight is 424 g/mol. The Morgan fingerprint density at radius 1 is 0.417 bits per heavy atom. The van der Waals surface area contributed by atoms with Crippen LogP contribution in [0.2, 0.25) is 34.3 Å². The van der Waals surface area contributed by atoms with E-state index in [0.29, 0.717) is 47.3 Å². The second-order valence-corrected chi connectivity index (χ2v) is 6.97. The molecule has 0 saturated carbocycles. The van der Waals surface area contributed by atoms with E-state index >= 15 is 0 Å². The third-order valence-corrected chi connectivity index (χ3v) is 0. The summed E-state index contributed by atoms with van der Waals surface area (Å²) in [5.74, 6) is 0. The number of rotatable bonds is 0. The summed E-state index contributed by atoms with van der Waals surface area (Å²) in [6.07, 6.45) is 0. The van der Waals surface area contributed by atoms with E-state index < -0.39 is 0 Å². The zero-order valence-electron chi connectivity index (χ0n) is 8.57. The molecule has 81 valence electrons. The second kappa shape index (κ2) is 69.3. The predicted molar refractivity (Wildman–Crippen MR) is 74.2 cm³/mol. The average Bonchev–Trinajstić information content (AvgIpc) is 1.70. The molecule has 0 N–H and O–H groups in total. The SMILES string of the molecule is C[As]C.C[As]C.C[As]C.Cl.Cl.Cl. The zero-order valence-corrected chi connectivity index (χ0v) is 16.6. The fourth-order valence-electron chi connectivity index (χ4n) is 0. The Balaban J connectivity index is -0.00000001000. The molecule has 0 aromatic heterocycles. The minimum atomic E-state index is 0. The molecule has 6 heteroatoms. The summed E-state index contributed by atoms with van der Waals surface area (Å²) in [6, 6.07) is 0. The van der Waals surface area contributed by atoms with E-state index in [9.17, 15) is 0 Å². The van der Waals surface area contributed by atoms with Crippen LogP contribution < -0.4 is 0 Å². The van der Waals surface area contributed by atoms with Crippen molar-refractivity contribution in [2.45, 2.75) is 34.3 Å². The van der Waals surface area contributed by atoms with Crippen molar-refractivity contribution in [3.63, 3.8) is 0 Å². The molecule has 0 aliphatic heterocycles. The van der Waals surface area contributed by atoms with E-state index in [0.717, 1.165) is 0 Å². The van der Waals surface area contributed by atoms with Gasteiger partial charge in [-0.15, -0.1) is 37.2 Å². The number of hydrogen-bond donors (Lipinski definition) is 0. The Bertz CT molecular complexity index is 22.8. The largest absolute Gasteiger partial charge is 0.147 e. The molecule has 0 saturated heterocycles. The van der Waals surface area contributed by atoms with Crippen LogP contribution in [0.3, 0.4) is 0 Å². The van der Waals surface area contributed by atoms with Crippen LogP contribution in [-0.2, 0) is 0 Å². The van der Waals surface area contributed by atoms with Gasteiger partial charge in [-0.25, -0.2) is 0 Å². The predicted octanol–water partition coefficient (Wildman–Crippen LogP) is 3.63. The van der Waals surface area contributed by atoms with Crippen molar-refractivity contribution < 1.29 is 0 Å². The molecule has 0 atom stereocenters. The molecule has 0 rings (SSSR count). The molecule has 0 aliphatic rings. The summed E-state index contributed by atoms with van der Waals surface area (Å²) >= 11 is 2.06. The van der Waals surface area contributed by atoms with Gasteiger partial charge in [-0.2, -0.15) is 0 Å². The summed E-state index contributed by atoms with van der Waals surface area (Å²) in [5, 5.41) is 0. The van der Waals surface area contributed by atoms with Crippen LogP contribution in [0.4, 0.5) is 0 Å². The van der Waals surface area contributed by atoms with Crippen LogP contribution in [-0.4, -0.2) is 47.3 Å². The maximum atomic E-state index is 2.22. The van der Waals surface area contributed by atoms with Crippen molar-refractivity contribution in [3.05, 3.63) is 0 Å². The third kappa shape index (κ3) is 258. The van der Waals surface area contributed by atoms with Gasteiger partial charge in [0, 0.05) is 0 Å². The van der Waals surface area contributed by atoms with Crippen molar-refractivity contribution in [2.75, 3.05) is 0 Å². The normalized spacial score (nSPS) is 4.50. The summed E-state index contributed by atoms with van der Waals surface area (Å²) in [4.78, 5) is 0. The minimum absolute atomic E-state index is 0. The monoisotopic (exact) mass is 423 g/mol. The second-order valence-electron chi connectivity index (χ2n) is 1.34. The van der Waals surface area contributed by atoms with Gasteiger partial charge in [-0.1, -0.05) is 0 Å². The topological polar surface area (TPSA) is 0 Å². The van der Waals surface area contributed by atoms with Crippen LogP contribution in [0.25, 0.3) is 0 Å². The first-order valence-corrected chi connectivity index (χ1v) is 13.9. The standard InChI is InChI=1S/3C2H6As.3ClH/c3*1-3-2;;;/h3*1-2H3;3*1H. The van der Waals surface area contributed by atoms with Crippen LogP contribution in [0, 0.1) is 0 Å². The Morgan fingerprint density at radius 2 is 0.417 bits per heavy atom. The Labute approximate surface area is 117 Å². The maximum absolute atomic E-state index is 2.22. The minimum Gasteiger partial charge on any atom is -0.147 e. The third-order valence-electron chi connectivity index (χ3n) is 0. The molecule has 0 heterocycles. The van der Waals surface area contributed by atoms with Gasteiger partial charge in [0.2, 0.25) is 0 Å². The van der Waals surface area contributed by atoms with Crippen molar-refractivity contribution in [1.29, 1.82) is 0 Å². The molecular weight excluding hydrogens is 403 g/mol. The van der Waals surface area contributed by atoms with Crippen molar-refractivity contribution in [1.82, 2.24) is 0 Å². The quantitative estimate of drug-likeness (QED) is 0.521. The fraction of sp³-hybridized carbons (Fsp3) is 1.00. The number of hydrogen-bond acceptors (Lipinski definition) is 0. The van der Waals surface area contributed by atoms with Gasteiger partial charge in [0.05, 0.1) is 0 Å². The first-order chi connectivity index (χ1) is 4.24. The van der Waals surface area contributed by atoms with Gasteiger partial charge in [-0.05, 0) is 0 Å². The molecule has 3 radical (unpaired) electrons. The van der Waals surface area contributed by atoms with Gasteiger partial charge in [0.25, 0.3) is 0 Å². The van der Waals surface area contributed by atoms with Crippen LogP contribution in [0.15, 0.2) is 0 Å². The first kappa shape index (κ1) is 36.5. The molecule has 0 aliphatic carbocycles. The van der Waals surface area contributed by atoms with E-state index in [1.807, 2.05) is 0 Å². The molecule has 0 amide bonds. The Morgan fingerprint density at radius 3 is 0.417 bits per heavy atom. The van der Waals surface area contributed by atoms with Crippen molar-refractivity contribution in [2.24, 2.45) is 0 Å². The molecular formula is C6H21As3Cl3. The van der Waals surface area contributed by atoms with E-state index in [1.165, 1.54) is 0 Å². The molecule has 0 unspecified atom stereocenters. The molecule has 0 spiro atoms. The zero-order chi connectivity index (χ0) is 8.12. The summed E-state index contributed by atoms with van der Waals surface area (Å²) < 4.78 is 0.